The number of ether oxygens (including phenoxy) is 1. The van der Waals surface area contributed by atoms with Crippen LogP contribution in [0.3, 0.4) is 0 Å². The molecule has 2 rings (SSSR count). The Kier molecular flexibility index (Phi) is 4.92. The summed E-state index contributed by atoms with van der Waals surface area (Å²) < 4.78 is 5.26. The first-order chi connectivity index (χ1) is 10.6. The Morgan fingerprint density at radius 2 is 1.86 bits per heavy atom. The molecule has 114 valence electrons. The van der Waals surface area contributed by atoms with Gasteiger partial charge >= 0.3 is 0 Å². The minimum absolute atomic E-state index is 0.0312. The fourth-order valence-corrected chi connectivity index (χ4v) is 1.75. The maximum Gasteiger partial charge on any atom is 0.269 e. The quantitative estimate of drug-likeness (QED) is 0.481. The predicted octanol–water partition coefficient (Wildman–Crippen LogP) is 1.87. The lowest BCUT2D eigenvalue weighted by molar-refractivity contribution is -0.384. The highest BCUT2D eigenvalue weighted by Gasteiger charge is 2.07. The van der Waals surface area contributed by atoms with Crippen molar-refractivity contribution in [3.8, 4) is 5.75 Å². The van der Waals surface area contributed by atoms with Crippen molar-refractivity contribution in [2.24, 2.45) is 0 Å². The number of nitro groups is 1. The number of benzene rings is 2. The monoisotopic (exact) mass is 301 g/mol. The van der Waals surface area contributed by atoms with Crippen molar-refractivity contribution in [3.05, 3.63) is 64.2 Å². The van der Waals surface area contributed by atoms with E-state index in [4.69, 9.17) is 10.5 Å². The average molecular weight is 301 g/mol. The third-order valence-corrected chi connectivity index (χ3v) is 2.95. The van der Waals surface area contributed by atoms with Crippen molar-refractivity contribution in [1.29, 1.82) is 0 Å². The number of nitrogen functional groups attached to an aromatic ring is 1. The normalized spacial score (nSPS) is 10.0. The minimum atomic E-state index is -0.499. The molecule has 3 N–H and O–H groups in total. The molecule has 2 aromatic carbocycles. The van der Waals surface area contributed by atoms with Crippen LogP contribution in [0.5, 0.6) is 5.75 Å². The Hall–Kier alpha value is -3.09. The highest BCUT2D eigenvalue weighted by atomic mass is 16.6. The number of hydrogen-bond acceptors (Lipinski definition) is 5. The van der Waals surface area contributed by atoms with Crippen molar-refractivity contribution >= 4 is 17.3 Å². The third-order valence-electron chi connectivity index (χ3n) is 2.95. The second-order valence-electron chi connectivity index (χ2n) is 4.52. The molecule has 0 saturated carbocycles. The predicted molar refractivity (Wildman–Crippen MR) is 81.3 cm³/mol. The maximum atomic E-state index is 11.7. The Bertz CT molecular complexity index is 671. The first-order valence-electron chi connectivity index (χ1n) is 6.53. The molecule has 0 aliphatic heterocycles. The topological polar surface area (TPSA) is 107 Å². The molecule has 0 aliphatic rings. The molecule has 0 bridgehead atoms. The van der Waals surface area contributed by atoms with E-state index >= 15 is 0 Å². The van der Waals surface area contributed by atoms with Crippen LogP contribution in [0.4, 0.5) is 11.4 Å². The highest BCUT2D eigenvalue weighted by molar-refractivity contribution is 5.77. The fourth-order valence-electron chi connectivity index (χ4n) is 1.75. The molecule has 2 aromatic rings. The summed E-state index contributed by atoms with van der Waals surface area (Å²) in [7, 11) is 0. The average Bonchev–Trinajstić information content (AvgIpc) is 2.52. The van der Waals surface area contributed by atoms with E-state index in [1.807, 2.05) is 18.2 Å². The molecule has 0 heterocycles. The number of nitrogens with zero attached hydrogens (tertiary/aromatic N) is 1. The highest BCUT2D eigenvalue weighted by Crippen LogP contribution is 2.17. The van der Waals surface area contributed by atoms with E-state index in [0.29, 0.717) is 18.0 Å². The van der Waals surface area contributed by atoms with Crippen LogP contribution in [-0.4, -0.2) is 17.4 Å². The molecule has 0 fully saturated rings. The lowest BCUT2D eigenvalue weighted by Crippen LogP contribution is -2.28. The molecule has 22 heavy (non-hydrogen) atoms. The van der Waals surface area contributed by atoms with Crippen LogP contribution in [0, 0.1) is 10.1 Å². The Labute approximate surface area is 126 Å². The molecule has 7 nitrogen and oxygen atoms in total. The number of nitro benzene ring substituents is 1. The van der Waals surface area contributed by atoms with E-state index in [9.17, 15) is 14.9 Å². The molecule has 0 unspecified atom stereocenters. The second-order valence-corrected chi connectivity index (χ2v) is 4.52. The summed E-state index contributed by atoms with van der Waals surface area (Å²) >= 11 is 0. The zero-order valence-electron chi connectivity index (χ0n) is 11.7. The number of rotatable bonds is 6. The molecular formula is C15H15N3O4. The van der Waals surface area contributed by atoms with Crippen LogP contribution in [0.1, 0.15) is 5.56 Å². The first kappa shape index (κ1) is 15.3. The molecular weight excluding hydrogens is 286 g/mol. The number of carbonyl (C=O) groups is 1. The summed E-state index contributed by atoms with van der Waals surface area (Å²) in [6, 6.07) is 12.8. The van der Waals surface area contributed by atoms with Crippen molar-refractivity contribution in [3.63, 3.8) is 0 Å². The molecule has 7 heteroatoms. The van der Waals surface area contributed by atoms with Crippen molar-refractivity contribution in [1.82, 2.24) is 5.32 Å². The van der Waals surface area contributed by atoms with Crippen molar-refractivity contribution in [2.45, 2.75) is 6.54 Å². The largest absolute Gasteiger partial charge is 0.484 e. The SMILES string of the molecule is Nc1ccccc1CNC(=O)COc1ccc([N+](=O)[O-])cc1. The number of amides is 1. The molecule has 0 aromatic heterocycles. The van der Waals surface area contributed by atoms with Crippen LogP contribution in [0.15, 0.2) is 48.5 Å². The first-order valence-corrected chi connectivity index (χ1v) is 6.53. The molecule has 0 atom stereocenters. The van der Waals surface area contributed by atoms with E-state index in [1.54, 1.807) is 6.07 Å². The van der Waals surface area contributed by atoms with Crippen molar-refractivity contribution < 1.29 is 14.5 Å². The number of hydrogen-bond donors (Lipinski definition) is 2. The number of nitrogens with two attached hydrogens (primary N) is 1. The number of para-hydroxylation sites is 1. The second kappa shape index (κ2) is 7.07. The summed E-state index contributed by atoms with van der Waals surface area (Å²) in [5.74, 6) is 0.0848. The van der Waals surface area contributed by atoms with Gasteiger partial charge < -0.3 is 15.8 Å². The van der Waals surface area contributed by atoms with Gasteiger partial charge in [-0.3, -0.25) is 14.9 Å². The molecule has 0 spiro atoms. The van der Waals surface area contributed by atoms with Crippen LogP contribution >= 0.6 is 0 Å². The maximum absolute atomic E-state index is 11.7. The third kappa shape index (κ3) is 4.20. The Morgan fingerprint density at radius 1 is 1.18 bits per heavy atom. The minimum Gasteiger partial charge on any atom is -0.484 e. The number of anilines is 1. The van der Waals surface area contributed by atoms with Crippen LogP contribution < -0.4 is 15.8 Å². The molecule has 1 amide bonds. The van der Waals surface area contributed by atoms with Crippen LogP contribution in [0.2, 0.25) is 0 Å². The Morgan fingerprint density at radius 3 is 2.50 bits per heavy atom. The van der Waals surface area contributed by atoms with Crippen molar-refractivity contribution in [2.75, 3.05) is 12.3 Å². The van der Waals surface area contributed by atoms with Gasteiger partial charge in [0, 0.05) is 24.4 Å². The summed E-state index contributed by atoms with van der Waals surface area (Å²) in [4.78, 5) is 21.7. The van der Waals surface area contributed by atoms with E-state index in [0.717, 1.165) is 5.56 Å². The van der Waals surface area contributed by atoms with Gasteiger partial charge in [-0.25, -0.2) is 0 Å². The van der Waals surface area contributed by atoms with Gasteiger partial charge in [0.2, 0.25) is 0 Å². The fraction of sp³-hybridized carbons (Fsp3) is 0.133. The van der Waals surface area contributed by atoms with Gasteiger partial charge in [0.25, 0.3) is 11.6 Å². The van der Waals surface area contributed by atoms with Gasteiger partial charge in [-0.2, -0.15) is 0 Å². The molecule has 0 aliphatic carbocycles. The lowest BCUT2D eigenvalue weighted by atomic mass is 10.2. The van der Waals surface area contributed by atoms with Gasteiger partial charge in [-0.15, -0.1) is 0 Å². The summed E-state index contributed by atoms with van der Waals surface area (Å²) in [5, 5.41) is 13.2. The lowest BCUT2D eigenvalue weighted by Gasteiger charge is -2.09. The smallest absolute Gasteiger partial charge is 0.269 e. The van der Waals surface area contributed by atoms with Crippen LogP contribution in [0.25, 0.3) is 0 Å². The van der Waals surface area contributed by atoms with E-state index in [-0.39, 0.29) is 18.2 Å². The molecule has 0 radical (unpaired) electrons. The van der Waals surface area contributed by atoms with Gasteiger partial charge in [0.15, 0.2) is 6.61 Å². The standard InChI is InChI=1S/C15H15N3O4/c16-14-4-2-1-3-11(14)9-17-15(19)10-22-13-7-5-12(6-8-13)18(20)21/h1-8H,9-10,16H2,(H,17,19). The zero-order chi connectivity index (χ0) is 15.9. The van der Waals surface area contributed by atoms with Gasteiger partial charge in [-0.1, -0.05) is 18.2 Å². The van der Waals surface area contributed by atoms with E-state index in [1.165, 1.54) is 24.3 Å². The number of non-ortho nitro benzene ring substituents is 1. The van der Waals surface area contributed by atoms with Gasteiger partial charge in [0.05, 0.1) is 4.92 Å². The number of nitrogens with one attached hydrogen (secondary N) is 1. The number of carbonyl (C=O) groups excluding carboxylic acids is 1. The summed E-state index contributed by atoms with van der Waals surface area (Å²) in [6.45, 7) is 0.139. The van der Waals surface area contributed by atoms with E-state index < -0.39 is 4.92 Å². The van der Waals surface area contributed by atoms with Gasteiger partial charge in [-0.05, 0) is 23.8 Å². The molecule has 0 saturated heterocycles. The van der Waals surface area contributed by atoms with Crippen LogP contribution in [-0.2, 0) is 11.3 Å². The Balaban J connectivity index is 1.80. The summed E-state index contributed by atoms with van der Waals surface area (Å²) in [5.41, 5.74) is 7.18. The van der Waals surface area contributed by atoms with Gasteiger partial charge in [0.1, 0.15) is 5.75 Å². The summed E-state index contributed by atoms with van der Waals surface area (Å²) in [6.07, 6.45) is 0. The van der Waals surface area contributed by atoms with E-state index in [2.05, 4.69) is 5.32 Å². The zero-order valence-corrected chi connectivity index (χ0v) is 11.7.